The predicted molar refractivity (Wildman–Crippen MR) is 261 cm³/mol. The Kier molecular flexibility index (Phi) is 46.7. The van der Waals surface area contributed by atoms with Crippen molar-refractivity contribution in [1.29, 1.82) is 0 Å². The summed E-state index contributed by atoms with van der Waals surface area (Å²) in [7, 11) is -4.62. The van der Waals surface area contributed by atoms with Crippen molar-refractivity contribution >= 4 is 19.8 Å². The van der Waals surface area contributed by atoms with Gasteiger partial charge in [0.1, 0.15) is 12.7 Å². The lowest BCUT2D eigenvalue weighted by molar-refractivity contribution is -0.161. The van der Waals surface area contributed by atoms with Gasteiger partial charge < -0.3 is 24.6 Å². The molecular weight excluding hydrogens is 816 g/mol. The second kappa shape index (κ2) is 48.1. The van der Waals surface area contributed by atoms with E-state index in [1.165, 1.54) is 154 Å². The number of hydrogen-bond donors (Lipinski definition) is 3. The number of ether oxygens (including phenoxy) is 2. The van der Waals surface area contributed by atoms with E-state index >= 15 is 0 Å². The van der Waals surface area contributed by atoms with E-state index in [4.69, 9.17) is 23.6 Å². The molecule has 0 aliphatic rings. The Morgan fingerprint density at radius 1 is 0.476 bits per heavy atom. The van der Waals surface area contributed by atoms with E-state index in [0.29, 0.717) is 12.8 Å². The zero-order valence-electron chi connectivity index (χ0n) is 40.5. The van der Waals surface area contributed by atoms with E-state index in [1.807, 2.05) is 0 Å². The highest BCUT2D eigenvalue weighted by Gasteiger charge is 2.27. The van der Waals surface area contributed by atoms with Crippen LogP contribution in [0.2, 0.25) is 0 Å². The van der Waals surface area contributed by atoms with E-state index in [0.717, 1.165) is 51.4 Å². The summed E-state index contributed by atoms with van der Waals surface area (Å²) in [4.78, 5) is 35.2. The Labute approximate surface area is 386 Å². The second-order valence-corrected chi connectivity index (χ2v) is 19.0. The van der Waals surface area contributed by atoms with Crippen LogP contribution < -0.4 is 0 Å². The first-order chi connectivity index (χ1) is 30.7. The number of aliphatic hydroxyl groups excluding tert-OH is 2. The fraction of sp³-hybridized carbons (Fsp3) is 0.846. The molecule has 0 aliphatic carbocycles. The summed E-state index contributed by atoms with van der Waals surface area (Å²) in [6, 6.07) is 0. The number of carbonyl (C=O) groups is 2. The third-order valence-corrected chi connectivity index (χ3v) is 12.2. The Balaban J connectivity index is 4.18. The van der Waals surface area contributed by atoms with Crippen LogP contribution in [0.4, 0.5) is 0 Å². The van der Waals surface area contributed by atoms with Gasteiger partial charge in [-0.1, -0.05) is 198 Å². The van der Waals surface area contributed by atoms with Crippen molar-refractivity contribution in [3.8, 4) is 0 Å². The summed E-state index contributed by atoms with van der Waals surface area (Å²) >= 11 is 0. The lowest BCUT2D eigenvalue weighted by Gasteiger charge is -2.20. The first-order valence-corrected chi connectivity index (χ1v) is 27.4. The molecule has 11 heteroatoms. The van der Waals surface area contributed by atoms with Gasteiger partial charge in [0.15, 0.2) is 6.10 Å². The van der Waals surface area contributed by atoms with Crippen LogP contribution in [0.1, 0.15) is 245 Å². The summed E-state index contributed by atoms with van der Waals surface area (Å²) in [5.41, 5.74) is 0. The average Bonchev–Trinajstić information content (AvgIpc) is 3.27. The molecule has 370 valence electrons. The van der Waals surface area contributed by atoms with Crippen molar-refractivity contribution in [3.63, 3.8) is 0 Å². The van der Waals surface area contributed by atoms with Gasteiger partial charge in [-0.05, 0) is 70.6 Å². The highest BCUT2D eigenvalue weighted by Crippen LogP contribution is 2.43. The topological polar surface area (TPSA) is 149 Å². The first-order valence-electron chi connectivity index (χ1n) is 25.9. The molecule has 63 heavy (non-hydrogen) atoms. The van der Waals surface area contributed by atoms with E-state index in [9.17, 15) is 24.2 Å². The highest BCUT2D eigenvalue weighted by atomic mass is 31.2. The molecule has 10 nitrogen and oxygen atoms in total. The Morgan fingerprint density at radius 2 is 0.825 bits per heavy atom. The molecule has 0 aromatic rings. The molecule has 0 spiro atoms. The maximum atomic E-state index is 12.7. The summed E-state index contributed by atoms with van der Waals surface area (Å²) in [6.45, 7) is 2.40. The van der Waals surface area contributed by atoms with Crippen LogP contribution in [0, 0.1) is 0 Å². The van der Waals surface area contributed by atoms with Crippen LogP contribution in [-0.2, 0) is 32.7 Å². The third-order valence-electron chi connectivity index (χ3n) is 11.3. The Morgan fingerprint density at radius 3 is 1.24 bits per heavy atom. The Hall–Kier alpha value is -1.81. The van der Waals surface area contributed by atoms with Gasteiger partial charge in [0.2, 0.25) is 0 Å². The quantitative estimate of drug-likeness (QED) is 0.0233. The Bertz CT molecular complexity index is 1140. The number of phosphoric ester groups is 1. The largest absolute Gasteiger partial charge is 0.472 e. The van der Waals surface area contributed by atoms with Gasteiger partial charge in [0.25, 0.3) is 0 Å². The molecule has 0 bridgehead atoms. The van der Waals surface area contributed by atoms with Crippen molar-refractivity contribution < 1.29 is 47.8 Å². The zero-order valence-corrected chi connectivity index (χ0v) is 41.4. The van der Waals surface area contributed by atoms with Crippen molar-refractivity contribution in [2.24, 2.45) is 0 Å². The lowest BCUT2D eigenvalue weighted by Crippen LogP contribution is -2.29. The first kappa shape index (κ1) is 61.2. The molecule has 0 aliphatic heterocycles. The molecule has 0 radical (unpaired) electrons. The summed E-state index contributed by atoms with van der Waals surface area (Å²) in [5, 5.41) is 18.4. The molecule has 3 N–H and O–H groups in total. The number of esters is 2. The minimum atomic E-state index is -4.62. The van der Waals surface area contributed by atoms with Crippen LogP contribution in [0.5, 0.6) is 0 Å². The van der Waals surface area contributed by atoms with Crippen molar-refractivity contribution in [2.75, 3.05) is 26.4 Å². The maximum Gasteiger partial charge on any atom is 0.472 e. The molecule has 0 heterocycles. The number of aliphatic hydroxyl groups is 2. The van der Waals surface area contributed by atoms with Crippen molar-refractivity contribution in [3.05, 3.63) is 36.5 Å². The summed E-state index contributed by atoms with van der Waals surface area (Å²) in [5.74, 6) is -0.923. The fourth-order valence-electron chi connectivity index (χ4n) is 7.26. The summed E-state index contributed by atoms with van der Waals surface area (Å²) in [6.07, 6.45) is 52.5. The molecule has 0 aromatic heterocycles. The lowest BCUT2D eigenvalue weighted by atomic mass is 10.1. The SMILES string of the molecule is CCCCCCC/C=C\C/C=C\CCCCCCCCCCCC(=O)OC(COC(=O)CCCCCCCCCCC/C=C\CCCCCCCC)COP(=O)(O)OCC(O)CO. The molecule has 0 saturated carbocycles. The number of allylic oxidation sites excluding steroid dienone is 6. The molecular formula is C52H97O10P. The smallest absolute Gasteiger partial charge is 0.462 e. The van der Waals surface area contributed by atoms with Crippen LogP contribution >= 0.6 is 7.82 Å². The van der Waals surface area contributed by atoms with Crippen LogP contribution in [0.15, 0.2) is 36.5 Å². The molecule has 3 unspecified atom stereocenters. The number of carbonyl (C=O) groups excluding carboxylic acids is 2. The van der Waals surface area contributed by atoms with Crippen molar-refractivity contribution in [2.45, 2.75) is 257 Å². The zero-order chi connectivity index (χ0) is 46.2. The maximum absolute atomic E-state index is 12.7. The minimum absolute atomic E-state index is 0.180. The fourth-order valence-corrected chi connectivity index (χ4v) is 8.04. The molecule has 0 fully saturated rings. The molecule has 0 saturated heterocycles. The third kappa shape index (κ3) is 48.0. The van der Waals surface area contributed by atoms with E-state index in [1.54, 1.807) is 0 Å². The number of hydrogen-bond acceptors (Lipinski definition) is 9. The van der Waals surface area contributed by atoms with Gasteiger partial charge in [-0.15, -0.1) is 0 Å². The van der Waals surface area contributed by atoms with Crippen molar-refractivity contribution in [1.82, 2.24) is 0 Å². The molecule has 0 rings (SSSR count). The van der Waals surface area contributed by atoms with Crippen LogP contribution in [-0.4, -0.2) is 65.7 Å². The standard InChI is InChI=1S/C52H97O10P/c1-3-5-7-9-11-13-15-17-19-21-23-24-26-28-30-32-34-36-38-40-42-44-52(56)62-50(48-61-63(57,58)60-46-49(54)45-53)47-59-51(55)43-41-39-37-35-33-31-29-27-25-22-20-18-16-14-12-10-8-6-4-2/h15,17-18,20-21,23,49-50,53-54H,3-14,16,19,22,24-48H2,1-2H3,(H,57,58)/b17-15-,20-18-,23-21-. The van der Waals surface area contributed by atoms with E-state index in [-0.39, 0.29) is 19.4 Å². The highest BCUT2D eigenvalue weighted by molar-refractivity contribution is 7.47. The van der Waals surface area contributed by atoms with Gasteiger partial charge in [-0.2, -0.15) is 0 Å². The number of rotatable bonds is 49. The number of unbranched alkanes of at least 4 members (excludes halogenated alkanes) is 29. The monoisotopic (exact) mass is 913 g/mol. The van der Waals surface area contributed by atoms with E-state index in [2.05, 4.69) is 50.3 Å². The van der Waals surface area contributed by atoms with Crippen LogP contribution in [0.25, 0.3) is 0 Å². The van der Waals surface area contributed by atoms with Gasteiger partial charge in [0.05, 0.1) is 19.8 Å². The van der Waals surface area contributed by atoms with Gasteiger partial charge in [-0.25, -0.2) is 4.57 Å². The second-order valence-electron chi connectivity index (χ2n) is 17.5. The van der Waals surface area contributed by atoms with Gasteiger partial charge in [0, 0.05) is 12.8 Å². The number of phosphoric acid groups is 1. The van der Waals surface area contributed by atoms with Gasteiger partial charge >= 0.3 is 19.8 Å². The van der Waals surface area contributed by atoms with Gasteiger partial charge in [-0.3, -0.25) is 18.6 Å². The van der Waals surface area contributed by atoms with E-state index < -0.39 is 51.8 Å². The normalized spacial score (nSPS) is 13.9. The molecule has 0 amide bonds. The molecule has 3 atom stereocenters. The molecule has 0 aromatic carbocycles. The summed E-state index contributed by atoms with van der Waals surface area (Å²) < 4.78 is 32.9. The predicted octanol–water partition coefficient (Wildman–Crippen LogP) is 14.7. The van der Waals surface area contributed by atoms with Crippen LogP contribution in [0.3, 0.4) is 0 Å². The minimum Gasteiger partial charge on any atom is -0.462 e. The average molecular weight is 913 g/mol.